The van der Waals surface area contributed by atoms with Gasteiger partial charge in [0.05, 0.1) is 6.10 Å². The van der Waals surface area contributed by atoms with Gasteiger partial charge in [0.25, 0.3) is 0 Å². The van der Waals surface area contributed by atoms with Gasteiger partial charge in [0, 0.05) is 10.6 Å². The topological polar surface area (TPSA) is 20.2 Å². The molecule has 1 aliphatic carbocycles. The fourth-order valence-electron chi connectivity index (χ4n) is 2.92. The lowest BCUT2D eigenvalue weighted by Gasteiger charge is -2.33. The second-order valence-corrected chi connectivity index (χ2v) is 5.73. The van der Waals surface area contributed by atoms with Crippen LogP contribution in [-0.2, 0) is 6.42 Å². The Morgan fingerprint density at radius 1 is 1.39 bits per heavy atom. The Balaban J connectivity index is 2.12. The smallest absolute Gasteiger partial charge is 0.127 e. The number of aliphatic hydroxyl groups excluding tert-OH is 1. The van der Waals surface area contributed by atoms with Gasteiger partial charge in [-0.2, -0.15) is 0 Å². The minimum atomic E-state index is -0.316. The molecule has 0 heterocycles. The summed E-state index contributed by atoms with van der Waals surface area (Å²) in [5, 5.41) is 10.5. The first-order valence-electron chi connectivity index (χ1n) is 6.72. The fraction of sp³-hybridized carbons (Fsp3) is 0.600. The van der Waals surface area contributed by atoms with Crippen LogP contribution in [0.3, 0.4) is 0 Å². The summed E-state index contributed by atoms with van der Waals surface area (Å²) in [7, 11) is 0. The van der Waals surface area contributed by atoms with Crippen molar-refractivity contribution in [1.29, 1.82) is 0 Å². The normalized spacial score (nSPS) is 28.3. The minimum Gasteiger partial charge on any atom is -0.393 e. The van der Waals surface area contributed by atoms with Crippen molar-refractivity contribution in [3.05, 3.63) is 34.6 Å². The van der Waals surface area contributed by atoms with Crippen LogP contribution >= 0.6 is 11.6 Å². The number of hydrogen-bond donors (Lipinski definition) is 1. The molecule has 2 rings (SSSR count). The van der Waals surface area contributed by atoms with E-state index in [1.165, 1.54) is 6.07 Å². The Hall–Kier alpha value is -0.600. The van der Waals surface area contributed by atoms with Crippen LogP contribution < -0.4 is 0 Å². The van der Waals surface area contributed by atoms with Crippen LogP contribution in [0, 0.1) is 17.7 Å². The predicted octanol–water partition coefficient (Wildman–Crippen LogP) is 4.21. The second-order valence-electron chi connectivity index (χ2n) is 5.32. The van der Waals surface area contributed by atoms with Gasteiger partial charge in [-0.3, -0.25) is 0 Å². The third-order valence-electron chi connectivity index (χ3n) is 4.16. The standard InChI is InChI=1S/C15H20ClFO/c1-2-10-6-7-15(18)11(8-10)9-12-13(16)4-3-5-14(12)17/h3-5,10-11,15,18H,2,6-9H2,1H3. The van der Waals surface area contributed by atoms with Crippen molar-refractivity contribution in [2.75, 3.05) is 0 Å². The first-order valence-corrected chi connectivity index (χ1v) is 7.10. The zero-order chi connectivity index (χ0) is 13.1. The monoisotopic (exact) mass is 270 g/mol. The molecule has 1 nitrogen and oxygen atoms in total. The molecular formula is C15H20ClFO. The van der Waals surface area contributed by atoms with E-state index in [1.54, 1.807) is 12.1 Å². The lowest BCUT2D eigenvalue weighted by atomic mass is 9.76. The average molecular weight is 271 g/mol. The zero-order valence-electron chi connectivity index (χ0n) is 10.7. The molecule has 3 atom stereocenters. The van der Waals surface area contributed by atoms with E-state index in [2.05, 4.69) is 6.92 Å². The van der Waals surface area contributed by atoms with E-state index >= 15 is 0 Å². The van der Waals surface area contributed by atoms with E-state index in [9.17, 15) is 9.50 Å². The third kappa shape index (κ3) is 3.04. The molecular weight excluding hydrogens is 251 g/mol. The number of halogens is 2. The molecule has 1 aromatic carbocycles. The molecule has 3 heteroatoms. The molecule has 0 radical (unpaired) electrons. The van der Waals surface area contributed by atoms with E-state index in [4.69, 9.17) is 11.6 Å². The molecule has 3 unspecified atom stereocenters. The quantitative estimate of drug-likeness (QED) is 0.872. The molecule has 1 aliphatic rings. The summed E-state index contributed by atoms with van der Waals surface area (Å²) in [6, 6.07) is 4.77. The van der Waals surface area contributed by atoms with Crippen molar-refractivity contribution in [3.63, 3.8) is 0 Å². The van der Waals surface area contributed by atoms with Crippen molar-refractivity contribution in [2.45, 2.75) is 45.1 Å². The molecule has 1 fully saturated rings. The summed E-state index contributed by atoms with van der Waals surface area (Å²) < 4.78 is 13.7. The Bertz CT molecular complexity index is 387. The van der Waals surface area contributed by atoms with Crippen LogP contribution in [0.1, 0.15) is 38.2 Å². The summed E-state index contributed by atoms with van der Waals surface area (Å²) >= 11 is 6.05. The Morgan fingerprint density at radius 3 is 2.83 bits per heavy atom. The van der Waals surface area contributed by atoms with Crippen LogP contribution in [0.4, 0.5) is 4.39 Å². The molecule has 1 aromatic rings. The highest BCUT2D eigenvalue weighted by Crippen LogP contribution is 2.35. The number of rotatable bonds is 3. The maximum Gasteiger partial charge on any atom is 0.127 e. The molecule has 0 aliphatic heterocycles. The number of aliphatic hydroxyl groups is 1. The SMILES string of the molecule is CCC1CCC(O)C(Cc2c(F)cccc2Cl)C1. The van der Waals surface area contributed by atoms with Gasteiger partial charge in [-0.05, 0) is 49.7 Å². The third-order valence-corrected chi connectivity index (χ3v) is 4.51. The van der Waals surface area contributed by atoms with Gasteiger partial charge in [-0.15, -0.1) is 0 Å². The molecule has 0 spiro atoms. The van der Waals surface area contributed by atoms with E-state index in [1.807, 2.05) is 0 Å². The Kier molecular flexibility index (Phi) is 4.63. The maximum atomic E-state index is 13.7. The van der Waals surface area contributed by atoms with Gasteiger partial charge in [0.1, 0.15) is 5.82 Å². The summed E-state index contributed by atoms with van der Waals surface area (Å²) in [4.78, 5) is 0. The van der Waals surface area contributed by atoms with Crippen molar-refractivity contribution in [1.82, 2.24) is 0 Å². The molecule has 100 valence electrons. The van der Waals surface area contributed by atoms with Crippen LogP contribution in [0.5, 0.6) is 0 Å². The highest BCUT2D eigenvalue weighted by molar-refractivity contribution is 6.31. The summed E-state index contributed by atoms with van der Waals surface area (Å²) in [5.74, 6) is 0.537. The highest BCUT2D eigenvalue weighted by Gasteiger charge is 2.29. The van der Waals surface area contributed by atoms with Crippen molar-refractivity contribution >= 4 is 11.6 Å². The van der Waals surface area contributed by atoms with Crippen molar-refractivity contribution < 1.29 is 9.50 Å². The number of hydrogen-bond acceptors (Lipinski definition) is 1. The summed E-state index contributed by atoms with van der Waals surface area (Å²) in [6.45, 7) is 2.18. The summed E-state index contributed by atoms with van der Waals surface area (Å²) in [5.41, 5.74) is 0.556. The molecule has 0 amide bonds. The Labute approximate surface area is 113 Å². The van der Waals surface area contributed by atoms with Crippen molar-refractivity contribution in [3.8, 4) is 0 Å². The Morgan fingerprint density at radius 2 is 2.17 bits per heavy atom. The molecule has 0 saturated heterocycles. The number of benzene rings is 1. The highest BCUT2D eigenvalue weighted by atomic mass is 35.5. The fourth-order valence-corrected chi connectivity index (χ4v) is 3.17. The van der Waals surface area contributed by atoms with Crippen LogP contribution in [0.15, 0.2) is 18.2 Å². The molecule has 0 bridgehead atoms. The summed E-state index contributed by atoms with van der Waals surface area (Å²) in [6.07, 6.45) is 4.25. The second kappa shape index (κ2) is 6.03. The van der Waals surface area contributed by atoms with Gasteiger partial charge >= 0.3 is 0 Å². The van der Waals surface area contributed by atoms with Crippen LogP contribution in [0.2, 0.25) is 5.02 Å². The maximum absolute atomic E-state index is 13.7. The zero-order valence-corrected chi connectivity index (χ0v) is 11.5. The lowest BCUT2D eigenvalue weighted by Crippen LogP contribution is -2.30. The molecule has 18 heavy (non-hydrogen) atoms. The minimum absolute atomic E-state index is 0.137. The van der Waals surface area contributed by atoms with Gasteiger partial charge < -0.3 is 5.11 Å². The van der Waals surface area contributed by atoms with E-state index in [0.29, 0.717) is 22.9 Å². The average Bonchev–Trinajstić information content (AvgIpc) is 2.36. The predicted molar refractivity (Wildman–Crippen MR) is 72.2 cm³/mol. The van der Waals surface area contributed by atoms with Gasteiger partial charge in [0.2, 0.25) is 0 Å². The van der Waals surface area contributed by atoms with E-state index in [-0.39, 0.29) is 17.8 Å². The van der Waals surface area contributed by atoms with Gasteiger partial charge in [0.15, 0.2) is 0 Å². The first kappa shape index (κ1) is 13.8. The van der Waals surface area contributed by atoms with Gasteiger partial charge in [-0.25, -0.2) is 4.39 Å². The largest absolute Gasteiger partial charge is 0.393 e. The molecule has 1 N–H and O–H groups in total. The van der Waals surface area contributed by atoms with Gasteiger partial charge in [-0.1, -0.05) is 31.0 Å². The van der Waals surface area contributed by atoms with Crippen molar-refractivity contribution in [2.24, 2.45) is 11.8 Å². The molecule has 0 aromatic heterocycles. The van der Waals surface area contributed by atoms with E-state index < -0.39 is 0 Å². The van der Waals surface area contributed by atoms with E-state index in [0.717, 1.165) is 25.7 Å². The van der Waals surface area contributed by atoms with Crippen LogP contribution in [-0.4, -0.2) is 11.2 Å². The first-order chi connectivity index (χ1) is 8.61. The molecule has 1 saturated carbocycles. The lowest BCUT2D eigenvalue weighted by molar-refractivity contribution is 0.0471. The van der Waals surface area contributed by atoms with Crippen LogP contribution in [0.25, 0.3) is 0 Å².